The van der Waals surface area contributed by atoms with E-state index in [0.29, 0.717) is 19.1 Å². The lowest BCUT2D eigenvalue weighted by atomic mass is 10.0. The molecule has 0 bridgehead atoms. The summed E-state index contributed by atoms with van der Waals surface area (Å²) >= 11 is 0. The highest BCUT2D eigenvalue weighted by atomic mass is 19.1. The highest BCUT2D eigenvalue weighted by Crippen LogP contribution is 2.16. The van der Waals surface area contributed by atoms with Crippen molar-refractivity contribution >= 4 is 5.91 Å². The van der Waals surface area contributed by atoms with E-state index in [1.807, 2.05) is 0 Å². The van der Waals surface area contributed by atoms with Crippen LogP contribution in [0.15, 0.2) is 18.2 Å². The second kappa shape index (κ2) is 5.82. The van der Waals surface area contributed by atoms with Gasteiger partial charge in [0.05, 0.1) is 12.2 Å². The molecule has 1 aromatic carbocycles. The van der Waals surface area contributed by atoms with Crippen LogP contribution < -0.4 is 5.32 Å². The molecule has 0 aromatic heterocycles. The monoisotopic (exact) mass is 253 g/mol. The number of phenolic OH excluding ortho intramolecular Hbond substituents is 1. The molecule has 1 amide bonds. The van der Waals surface area contributed by atoms with Crippen molar-refractivity contribution in [2.45, 2.75) is 12.8 Å². The van der Waals surface area contributed by atoms with E-state index in [4.69, 9.17) is 9.84 Å². The molecule has 0 radical (unpaired) electrons. The lowest BCUT2D eigenvalue weighted by molar-refractivity contribution is 0.0536. The second-order valence-corrected chi connectivity index (χ2v) is 4.46. The van der Waals surface area contributed by atoms with Gasteiger partial charge in [-0.2, -0.15) is 0 Å². The van der Waals surface area contributed by atoms with Crippen molar-refractivity contribution in [2.24, 2.45) is 5.92 Å². The third-order valence-corrected chi connectivity index (χ3v) is 3.00. The van der Waals surface area contributed by atoms with Gasteiger partial charge in [-0.1, -0.05) is 0 Å². The van der Waals surface area contributed by atoms with Crippen molar-refractivity contribution in [3.05, 3.63) is 29.6 Å². The normalized spacial score (nSPS) is 19.5. The van der Waals surface area contributed by atoms with Crippen LogP contribution in [0.25, 0.3) is 0 Å². The highest BCUT2D eigenvalue weighted by Gasteiger charge is 2.17. The number of ether oxygens (including phenoxy) is 1. The van der Waals surface area contributed by atoms with E-state index in [2.05, 4.69) is 5.32 Å². The first-order valence-electron chi connectivity index (χ1n) is 6.01. The van der Waals surface area contributed by atoms with Gasteiger partial charge in [0.15, 0.2) is 0 Å². The van der Waals surface area contributed by atoms with Gasteiger partial charge in [0.1, 0.15) is 11.6 Å². The fourth-order valence-electron chi connectivity index (χ4n) is 1.99. The maximum Gasteiger partial charge on any atom is 0.254 e. The summed E-state index contributed by atoms with van der Waals surface area (Å²) in [6.07, 6.45) is 2.01. The van der Waals surface area contributed by atoms with E-state index in [1.165, 1.54) is 12.1 Å². The van der Waals surface area contributed by atoms with E-state index in [1.54, 1.807) is 0 Å². The number of amides is 1. The summed E-state index contributed by atoms with van der Waals surface area (Å²) in [6, 6.07) is 3.50. The van der Waals surface area contributed by atoms with Crippen LogP contribution in [0.5, 0.6) is 5.75 Å². The second-order valence-electron chi connectivity index (χ2n) is 4.46. The average molecular weight is 253 g/mol. The molecule has 0 saturated carbocycles. The van der Waals surface area contributed by atoms with Crippen LogP contribution in [0, 0.1) is 11.7 Å². The molecule has 18 heavy (non-hydrogen) atoms. The smallest absolute Gasteiger partial charge is 0.254 e. The maximum atomic E-state index is 13.4. The molecule has 0 spiro atoms. The van der Waals surface area contributed by atoms with Crippen LogP contribution in [0.4, 0.5) is 4.39 Å². The van der Waals surface area contributed by atoms with Crippen LogP contribution in [-0.2, 0) is 4.74 Å². The van der Waals surface area contributed by atoms with Crippen molar-refractivity contribution < 1.29 is 19.0 Å². The Labute approximate surface area is 105 Å². The number of carbonyl (C=O) groups excluding carboxylic acids is 1. The summed E-state index contributed by atoms with van der Waals surface area (Å²) in [5.74, 6) is -1.07. The molecule has 1 atom stereocenters. The summed E-state index contributed by atoms with van der Waals surface area (Å²) in [5.41, 5.74) is -0.0514. The lowest BCUT2D eigenvalue weighted by Crippen LogP contribution is -2.33. The quantitative estimate of drug-likeness (QED) is 0.861. The molecule has 1 unspecified atom stereocenters. The van der Waals surface area contributed by atoms with E-state index in [0.717, 1.165) is 25.5 Å². The molecule has 2 N–H and O–H groups in total. The number of hydrogen-bond acceptors (Lipinski definition) is 3. The number of halogens is 1. The molecule has 1 heterocycles. The maximum absolute atomic E-state index is 13.4. The zero-order valence-corrected chi connectivity index (χ0v) is 9.99. The first-order valence-corrected chi connectivity index (χ1v) is 6.01. The molecular formula is C13H16FNO3. The van der Waals surface area contributed by atoms with Gasteiger partial charge in [-0.15, -0.1) is 0 Å². The first-order chi connectivity index (χ1) is 8.66. The lowest BCUT2D eigenvalue weighted by Gasteiger charge is -2.22. The summed E-state index contributed by atoms with van der Waals surface area (Å²) in [5, 5.41) is 11.8. The van der Waals surface area contributed by atoms with Gasteiger partial charge in [0.2, 0.25) is 0 Å². The SMILES string of the molecule is O=C(NCC1CCCOC1)c1ccc(O)cc1F. The van der Waals surface area contributed by atoms with Crippen molar-refractivity contribution in [1.82, 2.24) is 5.32 Å². The minimum absolute atomic E-state index is 0.0514. The largest absolute Gasteiger partial charge is 0.508 e. The van der Waals surface area contributed by atoms with Crippen molar-refractivity contribution in [3.63, 3.8) is 0 Å². The van der Waals surface area contributed by atoms with E-state index in [9.17, 15) is 9.18 Å². The van der Waals surface area contributed by atoms with E-state index in [-0.39, 0.29) is 11.3 Å². The Hall–Kier alpha value is -1.62. The van der Waals surface area contributed by atoms with Crippen LogP contribution in [0.3, 0.4) is 0 Å². The summed E-state index contributed by atoms with van der Waals surface area (Å²) < 4.78 is 18.7. The Bertz CT molecular complexity index is 430. The Morgan fingerprint density at radius 3 is 3.06 bits per heavy atom. The number of aromatic hydroxyl groups is 1. The zero-order valence-electron chi connectivity index (χ0n) is 9.99. The fraction of sp³-hybridized carbons (Fsp3) is 0.462. The number of hydrogen-bond donors (Lipinski definition) is 2. The van der Waals surface area contributed by atoms with Gasteiger partial charge in [0, 0.05) is 19.2 Å². The Kier molecular flexibility index (Phi) is 4.15. The molecule has 1 aliphatic rings. The average Bonchev–Trinajstić information content (AvgIpc) is 2.37. The minimum atomic E-state index is -0.715. The molecule has 1 fully saturated rings. The van der Waals surface area contributed by atoms with Crippen LogP contribution in [0.2, 0.25) is 0 Å². The summed E-state index contributed by atoms with van der Waals surface area (Å²) in [4.78, 5) is 11.7. The van der Waals surface area contributed by atoms with E-state index >= 15 is 0 Å². The van der Waals surface area contributed by atoms with Crippen molar-refractivity contribution in [1.29, 1.82) is 0 Å². The predicted molar refractivity (Wildman–Crippen MR) is 63.9 cm³/mol. The van der Waals surface area contributed by atoms with Gasteiger partial charge in [0.25, 0.3) is 5.91 Å². The third-order valence-electron chi connectivity index (χ3n) is 3.00. The van der Waals surface area contributed by atoms with Crippen LogP contribution in [0.1, 0.15) is 23.2 Å². The van der Waals surface area contributed by atoms with Gasteiger partial charge in [-0.05, 0) is 30.9 Å². The van der Waals surface area contributed by atoms with Crippen molar-refractivity contribution in [2.75, 3.05) is 19.8 Å². The van der Waals surface area contributed by atoms with Gasteiger partial charge in [-0.3, -0.25) is 4.79 Å². The third kappa shape index (κ3) is 3.20. The van der Waals surface area contributed by atoms with Crippen molar-refractivity contribution in [3.8, 4) is 5.75 Å². The fourth-order valence-corrected chi connectivity index (χ4v) is 1.99. The highest BCUT2D eigenvalue weighted by molar-refractivity contribution is 5.94. The molecule has 5 heteroatoms. The van der Waals surface area contributed by atoms with Gasteiger partial charge >= 0.3 is 0 Å². The number of rotatable bonds is 3. The topological polar surface area (TPSA) is 58.6 Å². The minimum Gasteiger partial charge on any atom is -0.508 e. The molecule has 1 aromatic rings. The Morgan fingerprint density at radius 2 is 2.39 bits per heavy atom. The molecule has 2 rings (SSSR count). The van der Waals surface area contributed by atoms with Gasteiger partial charge in [-0.25, -0.2) is 4.39 Å². The molecule has 1 aliphatic heterocycles. The molecule has 98 valence electrons. The predicted octanol–water partition coefficient (Wildman–Crippen LogP) is 1.69. The molecule has 4 nitrogen and oxygen atoms in total. The van der Waals surface area contributed by atoms with Crippen LogP contribution in [-0.4, -0.2) is 30.8 Å². The summed E-state index contributed by atoms with van der Waals surface area (Å²) in [7, 11) is 0. The summed E-state index contributed by atoms with van der Waals surface area (Å²) in [6.45, 7) is 1.90. The Balaban J connectivity index is 1.90. The Morgan fingerprint density at radius 1 is 1.56 bits per heavy atom. The standard InChI is InChI=1S/C13H16FNO3/c14-12-6-10(16)3-4-11(12)13(17)15-7-9-2-1-5-18-8-9/h3-4,6,9,16H,1-2,5,7-8H2,(H,15,17). The molecule has 0 aliphatic carbocycles. The number of carbonyl (C=O) groups is 1. The van der Waals surface area contributed by atoms with Crippen LogP contribution >= 0.6 is 0 Å². The molecule has 1 saturated heterocycles. The number of nitrogens with one attached hydrogen (secondary N) is 1. The zero-order chi connectivity index (χ0) is 13.0. The van der Waals surface area contributed by atoms with E-state index < -0.39 is 11.7 Å². The molecular weight excluding hydrogens is 237 g/mol. The first kappa shape index (κ1) is 12.8. The number of phenols is 1. The van der Waals surface area contributed by atoms with Gasteiger partial charge < -0.3 is 15.2 Å². The number of benzene rings is 1.